The third-order valence-electron chi connectivity index (χ3n) is 4.97. The predicted molar refractivity (Wildman–Crippen MR) is 93.1 cm³/mol. The molecule has 1 aliphatic heterocycles. The number of H-pyrrole nitrogens is 1. The van der Waals surface area contributed by atoms with Crippen molar-refractivity contribution in [2.75, 3.05) is 6.79 Å². The fourth-order valence-corrected chi connectivity index (χ4v) is 3.21. The van der Waals surface area contributed by atoms with Crippen LogP contribution in [0.4, 0.5) is 0 Å². The minimum Gasteiger partial charge on any atom is -0.454 e. The largest absolute Gasteiger partial charge is 0.454 e. The van der Waals surface area contributed by atoms with Crippen molar-refractivity contribution in [2.45, 2.75) is 39.8 Å². The van der Waals surface area contributed by atoms with E-state index in [1.807, 2.05) is 36.9 Å². The second-order valence-electron chi connectivity index (χ2n) is 7.19. The van der Waals surface area contributed by atoms with Gasteiger partial charge in [0.2, 0.25) is 12.7 Å². The number of hydrogen-bond donors (Lipinski definition) is 1. The van der Waals surface area contributed by atoms with E-state index in [4.69, 9.17) is 9.47 Å². The summed E-state index contributed by atoms with van der Waals surface area (Å²) in [6.45, 7) is 6.99. The molecule has 2 atom stereocenters. The van der Waals surface area contributed by atoms with Gasteiger partial charge in [-0.05, 0) is 44.4 Å². The molecule has 0 bridgehead atoms. The van der Waals surface area contributed by atoms with Crippen LogP contribution in [0, 0.1) is 11.8 Å². The molecule has 1 aliphatic carbocycles. The van der Waals surface area contributed by atoms with E-state index in [0.29, 0.717) is 12.5 Å². The van der Waals surface area contributed by atoms with E-state index in [9.17, 15) is 4.79 Å². The smallest absolute Gasteiger partial charge is 0.231 e. The minimum atomic E-state index is 0.152. The maximum atomic E-state index is 12.6. The van der Waals surface area contributed by atoms with Gasteiger partial charge in [-0.2, -0.15) is 0 Å². The van der Waals surface area contributed by atoms with Crippen LogP contribution in [0.5, 0.6) is 11.5 Å². The summed E-state index contributed by atoms with van der Waals surface area (Å²) in [6, 6.07) is 5.97. The standard InChI is InChI=1S/C19H23N3O3/c1-11(2)22(19(23)14-6-12(14)3)9-18-20-8-15(21-18)13-4-5-16-17(7-13)25-10-24-16/h4-5,7-8,11-12,14H,6,9-10H2,1-3H3,(H,20,21)/t12-,14+/m1/s1. The number of nitrogens with one attached hydrogen (secondary N) is 1. The van der Waals surface area contributed by atoms with Crippen LogP contribution in [0.2, 0.25) is 0 Å². The molecule has 1 amide bonds. The molecule has 4 rings (SSSR count). The number of ether oxygens (including phenoxy) is 2. The Kier molecular flexibility index (Phi) is 3.90. The second-order valence-corrected chi connectivity index (χ2v) is 7.19. The molecule has 2 aromatic rings. The van der Waals surface area contributed by atoms with Crippen LogP contribution in [0.15, 0.2) is 24.4 Å². The average Bonchev–Trinajstić information content (AvgIpc) is 3.02. The van der Waals surface area contributed by atoms with Crippen molar-refractivity contribution in [3.63, 3.8) is 0 Å². The fourth-order valence-electron chi connectivity index (χ4n) is 3.21. The lowest BCUT2D eigenvalue weighted by atomic mass is 10.1. The molecule has 2 heterocycles. The van der Waals surface area contributed by atoms with Gasteiger partial charge in [0.25, 0.3) is 0 Å². The molecule has 2 aliphatic rings. The minimum absolute atomic E-state index is 0.152. The van der Waals surface area contributed by atoms with Crippen LogP contribution in [0.1, 0.15) is 33.0 Å². The molecule has 1 fully saturated rings. The number of aromatic nitrogens is 2. The highest BCUT2D eigenvalue weighted by atomic mass is 16.7. The lowest BCUT2D eigenvalue weighted by molar-refractivity contribution is -0.135. The van der Waals surface area contributed by atoms with Crippen molar-refractivity contribution in [3.05, 3.63) is 30.2 Å². The number of benzene rings is 1. The summed E-state index contributed by atoms with van der Waals surface area (Å²) in [6.07, 6.45) is 2.80. The van der Waals surface area contributed by atoms with Gasteiger partial charge >= 0.3 is 0 Å². The van der Waals surface area contributed by atoms with E-state index < -0.39 is 0 Å². The zero-order chi connectivity index (χ0) is 17.6. The first-order valence-corrected chi connectivity index (χ1v) is 8.77. The van der Waals surface area contributed by atoms with Crippen LogP contribution in [0.3, 0.4) is 0 Å². The quantitative estimate of drug-likeness (QED) is 0.907. The number of amides is 1. The van der Waals surface area contributed by atoms with Crippen molar-refractivity contribution in [3.8, 4) is 22.8 Å². The van der Waals surface area contributed by atoms with E-state index in [2.05, 4.69) is 16.9 Å². The number of carbonyl (C=O) groups excluding carboxylic acids is 1. The van der Waals surface area contributed by atoms with Crippen molar-refractivity contribution in [1.29, 1.82) is 0 Å². The molecule has 1 N–H and O–H groups in total. The summed E-state index contributed by atoms with van der Waals surface area (Å²) in [7, 11) is 0. The Morgan fingerprint density at radius 3 is 2.84 bits per heavy atom. The van der Waals surface area contributed by atoms with E-state index in [-0.39, 0.29) is 24.7 Å². The second kappa shape index (κ2) is 6.10. The fraction of sp³-hybridized carbons (Fsp3) is 0.474. The van der Waals surface area contributed by atoms with Gasteiger partial charge in [0.15, 0.2) is 11.5 Å². The first-order chi connectivity index (χ1) is 12.0. The van der Waals surface area contributed by atoms with Crippen LogP contribution >= 0.6 is 0 Å². The molecular weight excluding hydrogens is 318 g/mol. The molecule has 1 aromatic carbocycles. The summed E-state index contributed by atoms with van der Waals surface area (Å²) in [5.41, 5.74) is 1.89. The normalized spacial score (nSPS) is 20.8. The highest BCUT2D eigenvalue weighted by molar-refractivity contribution is 5.81. The Labute approximate surface area is 147 Å². The number of hydrogen-bond acceptors (Lipinski definition) is 4. The molecule has 0 unspecified atom stereocenters. The van der Waals surface area contributed by atoms with Gasteiger partial charge in [0.05, 0.1) is 18.4 Å². The summed E-state index contributed by atoms with van der Waals surface area (Å²) < 4.78 is 10.8. The zero-order valence-corrected chi connectivity index (χ0v) is 14.8. The molecule has 132 valence electrons. The number of carbonyl (C=O) groups is 1. The van der Waals surface area contributed by atoms with E-state index in [1.54, 1.807) is 6.20 Å². The topological polar surface area (TPSA) is 67.5 Å². The monoisotopic (exact) mass is 341 g/mol. The Bertz CT molecular complexity index is 799. The van der Waals surface area contributed by atoms with Gasteiger partial charge in [0.1, 0.15) is 5.82 Å². The van der Waals surface area contributed by atoms with Crippen LogP contribution < -0.4 is 9.47 Å². The van der Waals surface area contributed by atoms with E-state index in [0.717, 1.165) is 35.0 Å². The first-order valence-electron chi connectivity index (χ1n) is 8.77. The molecule has 25 heavy (non-hydrogen) atoms. The van der Waals surface area contributed by atoms with Gasteiger partial charge in [-0.1, -0.05) is 6.92 Å². The van der Waals surface area contributed by atoms with Crippen molar-refractivity contribution in [2.24, 2.45) is 11.8 Å². The molecular formula is C19H23N3O3. The maximum Gasteiger partial charge on any atom is 0.231 e. The average molecular weight is 341 g/mol. The van der Waals surface area contributed by atoms with Crippen molar-refractivity contribution >= 4 is 5.91 Å². The third-order valence-corrected chi connectivity index (χ3v) is 4.97. The van der Waals surface area contributed by atoms with Gasteiger partial charge < -0.3 is 19.4 Å². The molecule has 6 heteroatoms. The van der Waals surface area contributed by atoms with Gasteiger partial charge in [0, 0.05) is 17.5 Å². The Balaban J connectivity index is 1.51. The molecule has 1 saturated carbocycles. The summed E-state index contributed by atoms with van der Waals surface area (Å²) in [5.74, 6) is 3.24. The van der Waals surface area contributed by atoms with Crippen LogP contribution in [-0.4, -0.2) is 33.6 Å². The number of nitrogens with zero attached hydrogens (tertiary/aromatic N) is 2. The zero-order valence-electron chi connectivity index (χ0n) is 14.8. The number of imidazole rings is 1. The SMILES string of the molecule is CC(C)N(Cc1ncc(-c2ccc3c(c2)OCO3)[nH]1)C(=O)[C@H]1C[C@H]1C. The first kappa shape index (κ1) is 16.0. The van der Waals surface area contributed by atoms with Crippen LogP contribution in [-0.2, 0) is 11.3 Å². The molecule has 0 saturated heterocycles. The van der Waals surface area contributed by atoms with Gasteiger partial charge in [-0.15, -0.1) is 0 Å². The maximum absolute atomic E-state index is 12.6. The lowest BCUT2D eigenvalue weighted by Crippen LogP contribution is -2.38. The Morgan fingerprint density at radius 2 is 2.12 bits per heavy atom. The number of rotatable bonds is 5. The van der Waals surface area contributed by atoms with Gasteiger partial charge in [-0.25, -0.2) is 4.98 Å². The number of aromatic amines is 1. The van der Waals surface area contributed by atoms with E-state index >= 15 is 0 Å². The van der Waals surface area contributed by atoms with E-state index in [1.165, 1.54) is 0 Å². The van der Waals surface area contributed by atoms with Crippen molar-refractivity contribution in [1.82, 2.24) is 14.9 Å². The third kappa shape index (κ3) is 3.08. The molecule has 0 radical (unpaired) electrons. The molecule has 1 aromatic heterocycles. The Morgan fingerprint density at radius 1 is 1.36 bits per heavy atom. The summed E-state index contributed by atoms with van der Waals surface area (Å²) in [5, 5.41) is 0. The number of fused-ring (bicyclic) bond motifs is 1. The molecule has 6 nitrogen and oxygen atoms in total. The summed E-state index contributed by atoms with van der Waals surface area (Å²) in [4.78, 5) is 22.3. The Hall–Kier alpha value is -2.50. The summed E-state index contributed by atoms with van der Waals surface area (Å²) >= 11 is 0. The highest BCUT2D eigenvalue weighted by Crippen LogP contribution is 2.40. The predicted octanol–water partition coefficient (Wildman–Crippen LogP) is 3.20. The molecule has 0 spiro atoms. The van der Waals surface area contributed by atoms with Crippen molar-refractivity contribution < 1.29 is 14.3 Å². The van der Waals surface area contributed by atoms with Gasteiger partial charge in [-0.3, -0.25) is 4.79 Å². The highest BCUT2D eigenvalue weighted by Gasteiger charge is 2.42. The lowest BCUT2D eigenvalue weighted by Gasteiger charge is -2.26. The van der Waals surface area contributed by atoms with Crippen LogP contribution in [0.25, 0.3) is 11.3 Å².